The molecule has 0 aromatic heterocycles. The lowest BCUT2D eigenvalue weighted by Gasteiger charge is -2.08. The van der Waals surface area contributed by atoms with E-state index >= 15 is 0 Å². The molecule has 2 rings (SSSR count). The molecule has 0 saturated carbocycles. The van der Waals surface area contributed by atoms with Gasteiger partial charge in [-0.15, -0.1) is 0 Å². The van der Waals surface area contributed by atoms with E-state index in [2.05, 4.69) is 10.6 Å². The fourth-order valence-electron chi connectivity index (χ4n) is 1.50. The third-order valence-corrected chi connectivity index (χ3v) is 2.30. The maximum atomic E-state index is 13.2. The van der Waals surface area contributed by atoms with Crippen LogP contribution in [0.25, 0.3) is 0 Å². The molecule has 0 bridgehead atoms. The van der Waals surface area contributed by atoms with E-state index in [4.69, 9.17) is 5.73 Å². The topological polar surface area (TPSA) is 84.2 Å². The van der Waals surface area contributed by atoms with Crippen LogP contribution in [0.1, 0.15) is 10.4 Å². The zero-order valence-electron chi connectivity index (χ0n) is 8.79. The van der Waals surface area contributed by atoms with Gasteiger partial charge in [0.25, 0.3) is 5.91 Å². The minimum Gasteiger partial charge on any atom is -0.366 e. The molecule has 88 valence electrons. The molecule has 1 aliphatic heterocycles. The Morgan fingerprint density at radius 3 is 2.82 bits per heavy atom. The molecular formula is C11H10FN3O2. The second kappa shape index (κ2) is 4.25. The van der Waals surface area contributed by atoms with Crippen LogP contribution in [-0.2, 0) is 4.79 Å². The van der Waals surface area contributed by atoms with Gasteiger partial charge < -0.3 is 16.4 Å². The van der Waals surface area contributed by atoms with Gasteiger partial charge in [0.05, 0.1) is 12.1 Å². The van der Waals surface area contributed by atoms with Crippen LogP contribution in [0, 0.1) is 5.82 Å². The molecule has 6 heteroatoms. The zero-order valence-corrected chi connectivity index (χ0v) is 8.79. The van der Waals surface area contributed by atoms with Gasteiger partial charge in [-0.1, -0.05) is 0 Å². The molecule has 1 aliphatic rings. The molecule has 5 nitrogen and oxygen atoms in total. The van der Waals surface area contributed by atoms with Gasteiger partial charge in [-0.25, -0.2) is 4.39 Å². The van der Waals surface area contributed by atoms with Crippen molar-refractivity contribution in [1.82, 2.24) is 5.32 Å². The second-order valence-corrected chi connectivity index (χ2v) is 3.57. The van der Waals surface area contributed by atoms with Crippen molar-refractivity contribution in [3.63, 3.8) is 0 Å². The highest BCUT2D eigenvalue weighted by atomic mass is 19.1. The van der Waals surface area contributed by atoms with Gasteiger partial charge in [-0.05, 0) is 18.2 Å². The highest BCUT2D eigenvalue weighted by Crippen LogP contribution is 2.16. The van der Waals surface area contributed by atoms with Gasteiger partial charge >= 0.3 is 0 Å². The van der Waals surface area contributed by atoms with Crippen molar-refractivity contribution in [3.05, 3.63) is 41.4 Å². The lowest BCUT2D eigenvalue weighted by Crippen LogP contribution is -2.17. The molecule has 0 aliphatic carbocycles. The van der Waals surface area contributed by atoms with Gasteiger partial charge in [0.15, 0.2) is 0 Å². The van der Waals surface area contributed by atoms with Crippen LogP contribution in [0.2, 0.25) is 0 Å². The Balaban J connectivity index is 2.22. The Bertz CT molecular complexity index is 525. The zero-order chi connectivity index (χ0) is 12.4. The number of nitrogens with one attached hydrogen (secondary N) is 2. The maximum absolute atomic E-state index is 13.2. The largest absolute Gasteiger partial charge is 0.366 e. The van der Waals surface area contributed by atoms with Crippen LogP contribution in [0.15, 0.2) is 30.0 Å². The summed E-state index contributed by atoms with van der Waals surface area (Å²) in [5.41, 5.74) is 5.99. The first-order valence-corrected chi connectivity index (χ1v) is 4.91. The molecule has 0 radical (unpaired) electrons. The molecule has 17 heavy (non-hydrogen) atoms. The summed E-state index contributed by atoms with van der Waals surface area (Å²) in [5, 5.41) is 5.48. The molecule has 1 aromatic carbocycles. The number of primary amides is 1. The van der Waals surface area contributed by atoms with Gasteiger partial charge in [0, 0.05) is 17.5 Å². The summed E-state index contributed by atoms with van der Waals surface area (Å²) < 4.78 is 13.2. The number of benzene rings is 1. The molecule has 1 heterocycles. The van der Waals surface area contributed by atoms with E-state index in [1.165, 1.54) is 18.2 Å². The predicted octanol–water partition coefficient (Wildman–Crippen LogP) is 0.350. The lowest BCUT2D eigenvalue weighted by atomic mass is 10.1. The summed E-state index contributed by atoms with van der Waals surface area (Å²) in [5.74, 6) is -1.69. The predicted molar refractivity (Wildman–Crippen MR) is 59.6 cm³/mol. The number of carbonyl (C=O) groups excluding carboxylic acids is 2. The Morgan fingerprint density at radius 2 is 2.24 bits per heavy atom. The number of anilines is 1. The summed E-state index contributed by atoms with van der Waals surface area (Å²) >= 11 is 0. The minimum absolute atomic E-state index is 0.187. The third kappa shape index (κ3) is 2.41. The number of halogens is 1. The highest BCUT2D eigenvalue weighted by molar-refractivity contribution is 5.94. The van der Waals surface area contributed by atoms with Crippen molar-refractivity contribution < 1.29 is 14.0 Å². The first-order valence-electron chi connectivity index (χ1n) is 4.91. The van der Waals surface area contributed by atoms with Crippen LogP contribution in [0.4, 0.5) is 10.1 Å². The number of nitrogens with two attached hydrogens (primary N) is 1. The highest BCUT2D eigenvalue weighted by Gasteiger charge is 2.13. The van der Waals surface area contributed by atoms with Crippen molar-refractivity contribution in [1.29, 1.82) is 0 Å². The average Bonchev–Trinajstić information content (AvgIpc) is 2.66. The van der Waals surface area contributed by atoms with Gasteiger partial charge in [0.2, 0.25) is 5.91 Å². The fraction of sp³-hybridized carbons (Fsp3) is 0.0909. The molecule has 0 spiro atoms. The van der Waals surface area contributed by atoms with Crippen LogP contribution in [0.3, 0.4) is 0 Å². The normalized spacial score (nSPS) is 14.2. The number of rotatable bonds is 3. The van der Waals surface area contributed by atoms with Gasteiger partial charge in [0.1, 0.15) is 5.82 Å². The Morgan fingerprint density at radius 1 is 1.47 bits per heavy atom. The fourth-order valence-corrected chi connectivity index (χ4v) is 1.50. The Labute approximate surface area is 96.5 Å². The van der Waals surface area contributed by atoms with Gasteiger partial charge in [-0.2, -0.15) is 0 Å². The van der Waals surface area contributed by atoms with E-state index in [1.807, 2.05) is 0 Å². The smallest absolute Gasteiger partial charge is 0.251 e. The van der Waals surface area contributed by atoms with E-state index in [0.717, 1.165) is 6.07 Å². The summed E-state index contributed by atoms with van der Waals surface area (Å²) in [6.07, 6.45) is 1.40. The molecule has 1 aromatic rings. The second-order valence-electron chi connectivity index (χ2n) is 3.57. The van der Waals surface area contributed by atoms with Crippen LogP contribution < -0.4 is 16.4 Å². The summed E-state index contributed by atoms with van der Waals surface area (Å²) in [7, 11) is 0. The monoisotopic (exact) mass is 235 g/mol. The number of hydrogen-bond donors (Lipinski definition) is 3. The van der Waals surface area contributed by atoms with Crippen molar-refractivity contribution >= 4 is 17.5 Å². The van der Waals surface area contributed by atoms with E-state index < -0.39 is 11.7 Å². The molecule has 0 unspecified atom stereocenters. The van der Waals surface area contributed by atoms with Crippen molar-refractivity contribution in [2.45, 2.75) is 0 Å². The molecule has 0 fully saturated rings. The van der Waals surface area contributed by atoms with E-state index in [9.17, 15) is 14.0 Å². The number of amides is 2. The molecule has 0 saturated heterocycles. The van der Waals surface area contributed by atoms with Crippen LogP contribution in [-0.4, -0.2) is 18.4 Å². The van der Waals surface area contributed by atoms with E-state index in [-0.39, 0.29) is 11.5 Å². The Hall–Kier alpha value is -2.37. The molecule has 2 amide bonds. The van der Waals surface area contributed by atoms with Crippen molar-refractivity contribution in [3.8, 4) is 0 Å². The number of carbonyl (C=O) groups is 2. The standard InChI is InChI=1S/C11H10FN3O2/c12-9-2-1-6(3-8(9)11(13)17)15-7-4-10(16)14-5-7/h1-4,15H,5H2,(H2,13,17)(H,14,16). The molecular weight excluding hydrogens is 225 g/mol. The van der Waals surface area contributed by atoms with Crippen molar-refractivity contribution in [2.24, 2.45) is 5.73 Å². The van der Waals surface area contributed by atoms with Crippen LogP contribution >= 0.6 is 0 Å². The lowest BCUT2D eigenvalue weighted by molar-refractivity contribution is -0.115. The van der Waals surface area contributed by atoms with Crippen LogP contribution in [0.5, 0.6) is 0 Å². The van der Waals surface area contributed by atoms with E-state index in [0.29, 0.717) is 17.9 Å². The first kappa shape index (κ1) is 11.1. The average molecular weight is 235 g/mol. The van der Waals surface area contributed by atoms with E-state index in [1.54, 1.807) is 0 Å². The molecule has 0 atom stereocenters. The quantitative estimate of drug-likeness (QED) is 0.706. The van der Waals surface area contributed by atoms with Gasteiger partial charge in [-0.3, -0.25) is 9.59 Å². The maximum Gasteiger partial charge on any atom is 0.251 e. The first-order chi connectivity index (χ1) is 8.06. The molecule has 4 N–H and O–H groups in total. The Kier molecular flexibility index (Phi) is 2.78. The SMILES string of the molecule is NC(=O)c1cc(NC2=CC(=O)NC2)ccc1F. The summed E-state index contributed by atoms with van der Waals surface area (Å²) in [4.78, 5) is 21.8. The summed E-state index contributed by atoms with van der Waals surface area (Å²) in [6, 6.07) is 3.92. The number of hydrogen-bond acceptors (Lipinski definition) is 3. The minimum atomic E-state index is -0.833. The third-order valence-electron chi connectivity index (χ3n) is 2.30. The van der Waals surface area contributed by atoms with Crippen molar-refractivity contribution in [2.75, 3.05) is 11.9 Å². The summed E-state index contributed by atoms with van der Waals surface area (Å²) in [6.45, 7) is 0.377.